The largest absolute Gasteiger partial charge is 0.465 e. The fourth-order valence-corrected chi connectivity index (χ4v) is 6.05. The number of ether oxygens (including phenoxy) is 6. The van der Waals surface area contributed by atoms with Gasteiger partial charge in [0.05, 0.1) is 37.3 Å². The number of carboxylic acid groups (broad SMARTS) is 1. The van der Waals surface area contributed by atoms with Gasteiger partial charge in [0.15, 0.2) is 0 Å². The average Bonchev–Trinajstić information content (AvgIpc) is 3.10. The molecule has 4 N–H and O–H groups in total. The van der Waals surface area contributed by atoms with Crippen molar-refractivity contribution in [3.05, 3.63) is 50.6 Å². The van der Waals surface area contributed by atoms with Gasteiger partial charge in [-0.1, -0.05) is 47.1 Å². The van der Waals surface area contributed by atoms with Gasteiger partial charge in [0.25, 0.3) is 5.91 Å². The molecule has 0 aromatic rings. The molecule has 0 aromatic heterocycles. The normalized spacial score (nSPS) is 19.2. The van der Waals surface area contributed by atoms with Gasteiger partial charge < -0.3 is 49.3 Å². The minimum Gasteiger partial charge on any atom is -0.465 e. The summed E-state index contributed by atoms with van der Waals surface area (Å²) < 4.78 is 33.0. The topological polar surface area (TPSA) is 222 Å². The Labute approximate surface area is 310 Å². The van der Waals surface area contributed by atoms with Gasteiger partial charge in [0, 0.05) is 36.9 Å². The molecule has 2 amide bonds. The van der Waals surface area contributed by atoms with Crippen LogP contribution in [0.3, 0.4) is 0 Å². The Morgan fingerprint density at radius 1 is 0.717 bits per heavy atom. The van der Waals surface area contributed by atoms with E-state index >= 15 is 0 Å². The molecular formula is C37H56N2O14. The standard InChI is InChI=1S/C37H56N2O14/c1-10-27(41)49-21-36(18-40,19-48-20-37(22-50-28(42)11-2,23-51-29(43)12-3)24-52-30(44)13-4)25-53-34(7,8)31(45)39-26-14-33(5,6)16-35(9,15-26)17-38-32(46)47/h10-13,26,38,40H,1-4,14-25H2,5-9H3,(H,39,45)(H,46,47). The highest BCUT2D eigenvalue weighted by atomic mass is 16.6. The number of nitrogens with one attached hydrogen (secondary N) is 2. The van der Waals surface area contributed by atoms with Gasteiger partial charge in [0.2, 0.25) is 0 Å². The van der Waals surface area contributed by atoms with Gasteiger partial charge in [0.1, 0.15) is 32.0 Å². The number of hydrogen-bond acceptors (Lipinski definition) is 13. The smallest absolute Gasteiger partial charge is 0.404 e. The highest BCUT2D eigenvalue weighted by Gasteiger charge is 2.44. The lowest BCUT2D eigenvalue weighted by molar-refractivity contribution is -0.173. The summed E-state index contributed by atoms with van der Waals surface area (Å²) in [5, 5.41) is 25.3. The molecule has 1 saturated carbocycles. The Morgan fingerprint density at radius 2 is 1.15 bits per heavy atom. The van der Waals surface area contributed by atoms with Crippen LogP contribution in [0.4, 0.5) is 4.79 Å². The lowest BCUT2D eigenvalue weighted by atomic mass is 9.62. The van der Waals surface area contributed by atoms with E-state index in [1.807, 2.05) is 6.92 Å². The highest BCUT2D eigenvalue weighted by Crippen LogP contribution is 2.46. The number of aliphatic hydroxyl groups is 1. The second kappa shape index (κ2) is 20.6. The van der Waals surface area contributed by atoms with Crippen molar-refractivity contribution in [1.82, 2.24) is 10.6 Å². The number of esters is 4. The SMILES string of the molecule is C=CC(=O)OCC(COCC(CO)(COC(=O)C=C)COC(C)(C)C(=O)NC1CC(C)(C)CC(C)(CNC(=O)O)C1)(COC(=O)C=C)COC(=O)C=C. The van der Waals surface area contributed by atoms with Crippen LogP contribution in [0.15, 0.2) is 50.6 Å². The molecule has 1 rings (SSSR count). The molecule has 1 fully saturated rings. The number of aliphatic hydroxyl groups excluding tert-OH is 1. The summed E-state index contributed by atoms with van der Waals surface area (Å²) in [6, 6.07) is -0.303. The zero-order valence-corrected chi connectivity index (χ0v) is 31.5. The number of carbonyl (C=O) groups is 6. The first-order valence-electron chi connectivity index (χ1n) is 16.9. The zero-order valence-electron chi connectivity index (χ0n) is 31.5. The first kappa shape index (κ1) is 46.5. The summed E-state index contributed by atoms with van der Waals surface area (Å²) in [5.74, 6) is -3.76. The van der Waals surface area contributed by atoms with E-state index < -0.39 is 97.4 Å². The van der Waals surface area contributed by atoms with Crippen LogP contribution in [0.5, 0.6) is 0 Å². The number of carbonyl (C=O) groups excluding carboxylic acids is 5. The summed E-state index contributed by atoms with van der Waals surface area (Å²) in [6.45, 7) is 19.1. The van der Waals surface area contributed by atoms with E-state index in [2.05, 4.69) is 50.8 Å². The molecule has 0 aromatic carbocycles. The molecule has 0 heterocycles. The predicted octanol–water partition coefficient (Wildman–Crippen LogP) is 2.65. The maximum atomic E-state index is 13.7. The third kappa shape index (κ3) is 16.3. The van der Waals surface area contributed by atoms with Crippen LogP contribution in [0.1, 0.15) is 53.9 Å². The summed E-state index contributed by atoms with van der Waals surface area (Å²) in [4.78, 5) is 72.9. The van der Waals surface area contributed by atoms with Crippen LogP contribution in [0.2, 0.25) is 0 Å². The van der Waals surface area contributed by atoms with Crippen LogP contribution in [0.25, 0.3) is 0 Å². The third-order valence-corrected chi connectivity index (χ3v) is 8.63. The second-order valence-corrected chi connectivity index (χ2v) is 15.1. The molecule has 0 spiro atoms. The summed E-state index contributed by atoms with van der Waals surface area (Å²) in [5.41, 5.74) is -5.09. The van der Waals surface area contributed by atoms with Crippen LogP contribution in [-0.4, -0.2) is 117 Å². The molecule has 1 aliphatic carbocycles. The molecule has 0 bridgehead atoms. The van der Waals surface area contributed by atoms with E-state index in [9.17, 15) is 33.9 Å². The number of amides is 2. The van der Waals surface area contributed by atoms with E-state index in [4.69, 9.17) is 33.5 Å². The first-order chi connectivity index (χ1) is 24.6. The van der Waals surface area contributed by atoms with Crippen LogP contribution < -0.4 is 10.6 Å². The van der Waals surface area contributed by atoms with Gasteiger partial charge in [-0.15, -0.1) is 0 Å². The minimum absolute atomic E-state index is 0.207. The van der Waals surface area contributed by atoms with Gasteiger partial charge in [-0.05, 0) is 43.9 Å². The van der Waals surface area contributed by atoms with Gasteiger partial charge in [-0.25, -0.2) is 24.0 Å². The molecule has 0 aliphatic heterocycles. The van der Waals surface area contributed by atoms with E-state index in [1.54, 1.807) is 0 Å². The van der Waals surface area contributed by atoms with Crippen molar-refractivity contribution in [3.8, 4) is 0 Å². The number of rotatable bonds is 24. The van der Waals surface area contributed by atoms with E-state index in [1.165, 1.54) is 13.8 Å². The Bertz CT molecular complexity index is 1300. The van der Waals surface area contributed by atoms with Crippen molar-refractivity contribution in [2.75, 3.05) is 59.4 Å². The lowest BCUT2D eigenvalue weighted by Crippen LogP contribution is -2.55. The molecule has 3 unspecified atom stereocenters. The van der Waals surface area contributed by atoms with E-state index in [-0.39, 0.29) is 31.2 Å². The summed E-state index contributed by atoms with van der Waals surface area (Å²) in [7, 11) is 0. The highest BCUT2D eigenvalue weighted by molar-refractivity contribution is 5.84. The van der Waals surface area contributed by atoms with Crippen molar-refractivity contribution >= 4 is 35.9 Å². The van der Waals surface area contributed by atoms with Crippen molar-refractivity contribution < 1.29 is 67.4 Å². The Hall–Kier alpha value is -4.54. The quantitative estimate of drug-likeness (QED) is 0.0633. The first-order valence-corrected chi connectivity index (χ1v) is 16.9. The minimum atomic E-state index is -1.49. The van der Waals surface area contributed by atoms with E-state index in [0.717, 1.165) is 30.7 Å². The van der Waals surface area contributed by atoms with Gasteiger partial charge in [-0.2, -0.15) is 0 Å². The van der Waals surface area contributed by atoms with E-state index in [0.29, 0.717) is 12.8 Å². The number of hydrogen-bond donors (Lipinski definition) is 4. The molecule has 298 valence electrons. The fourth-order valence-electron chi connectivity index (χ4n) is 6.05. The van der Waals surface area contributed by atoms with Crippen molar-refractivity contribution in [1.29, 1.82) is 0 Å². The molecule has 53 heavy (non-hydrogen) atoms. The molecular weight excluding hydrogens is 696 g/mol. The molecule has 3 atom stereocenters. The Morgan fingerprint density at radius 3 is 1.57 bits per heavy atom. The maximum absolute atomic E-state index is 13.7. The van der Waals surface area contributed by atoms with Gasteiger partial charge >= 0.3 is 30.0 Å². The van der Waals surface area contributed by atoms with Crippen LogP contribution in [-0.2, 0) is 52.4 Å². The molecule has 0 radical (unpaired) electrons. The Balaban J connectivity index is 3.29. The second-order valence-electron chi connectivity index (χ2n) is 15.1. The molecule has 16 nitrogen and oxygen atoms in total. The Kier molecular flexibility index (Phi) is 18.1. The van der Waals surface area contributed by atoms with Crippen LogP contribution in [0, 0.1) is 21.7 Å². The third-order valence-electron chi connectivity index (χ3n) is 8.63. The van der Waals surface area contributed by atoms with Crippen LogP contribution >= 0.6 is 0 Å². The predicted molar refractivity (Wildman–Crippen MR) is 191 cm³/mol. The van der Waals surface area contributed by atoms with Crippen molar-refractivity contribution in [2.45, 2.75) is 65.5 Å². The molecule has 0 saturated heterocycles. The van der Waals surface area contributed by atoms with Crippen molar-refractivity contribution in [3.63, 3.8) is 0 Å². The zero-order chi connectivity index (χ0) is 40.5. The summed E-state index contributed by atoms with van der Waals surface area (Å²) in [6.07, 6.45) is 4.39. The average molecular weight is 753 g/mol. The lowest BCUT2D eigenvalue weighted by Gasteiger charge is -2.47. The monoisotopic (exact) mass is 752 g/mol. The summed E-state index contributed by atoms with van der Waals surface area (Å²) >= 11 is 0. The molecule has 1 aliphatic rings. The van der Waals surface area contributed by atoms with Gasteiger partial charge in [-0.3, -0.25) is 4.79 Å². The molecule has 16 heteroatoms. The maximum Gasteiger partial charge on any atom is 0.404 e. The van der Waals surface area contributed by atoms with Crippen molar-refractivity contribution in [2.24, 2.45) is 21.7 Å². The fraction of sp³-hybridized carbons (Fsp3) is 0.622.